The minimum Gasteiger partial charge on any atom is -0.342 e. The van der Waals surface area contributed by atoms with Gasteiger partial charge in [0.25, 0.3) is 0 Å². The molecule has 1 aromatic carbocycles. The van der Waals surface area contributed by atoms with Crippen molar-refractivity contribution in [2.24, 2.45) is 5.92 Å². The molecule has 2 heteroatoms. The number of nitrogens with zero attached hydrogens (tertiary/aromatic N) is 1. The van der Waals surface area contributed by atoms with Gasteiger partial charge in [0.15, 0.2) is 0 Å². The van der Waals surface area contributed by atoms with Crippen LogP contribution in [0.3, 0.4) is 0 Å². The van der Waals surface area contributed by atoms with Crippen molar-refractivity contribution in [1.29, 1.82) is 0 Å². The molecule has 0 saturated carbocycles. The molecule has 102 valence electrons. The maximum Gasteiger partial charge on any atom is 0.230 e. The van der Waals surface area contributed by atoms with Gasteiger partial charge in [0.2, 0.25) is 5.91 Å². The number of carbonyl (C=O) groups excluding carboxylic acids is 1. The quantitative estimate of drug-likeness (QED) is 0.755. The SMILES string of the molecule is CC1CCN(C(=O)C2CCCc3ccccc32)CC1. The first-order valence-electron chi connectivity index (χ1n) is 7.62. The second-order valence-electron chi connectivity index (χ2n) is 6.15. The third-order valence-electron chi connectivity index (χ3n) is 4.76. The fourth-order valence-corrected chi connectivity index (χ4v) is 3.46. The number of hydrogen-bond acceptors (Lipinski definition) is 1. The number of rotatable bonds is 1. The monoisotopic (exact) mass is 257 g/mol. The molecular formula is C17H23NO. The molecule has 0 N–H and O–H groups in total. The van der Waals surface area contributed by atoms with E-state index in [-0.39, 0.29) is 5.92 Å². The summed E-state index contributed by atoms with van der Waals surface area (Å²) in [5.41, 5.74) is 2.68. The third-order valence-corrected chi connectivity index (χ3v) is 4.76. The smallest absolute Gasteiger partial charge is 0.230 e. The van der Waals surface area contributed by atoms with E-state index in [1.807, 2.05) is 0 Å². The van der Waals surface area contributed by atoms with E-state index in [9.17, 15) is 4.79 Å². The summed E-state index contributed by atoms with van der Waals surface area (Å²) >= 11 is 0. The van der Waals surface area contributed by atoms with Gasteiger partial charge in [0, 0.05) is 13.1 Å². The normalized spacial score (nSPS) is 24.1. The van der Waals surface area contributed by atoms with Crippen LogP contribution in [0.4, 0.5) is 0 Å². The van der Waals surface area contributed by atoms with Crippen molar-refractivity contribution in [3.05, 3.63) is 35.4 Å². The molecule has 1 aliphatic carbocycles. The molecule has 1 atom stereocenters. The van der Waals surface area contributed by atoms with Crippen LogP contribution in [0, 0.1) is 5.92 Å². The molecular weight excluding hydrogens is 234 g/mol. The molecule has 2 nitrogen and oxygen atoms in total. The highest BCUT2D eigenvalue weighted by Crippen LogP contribution is 2.33. The molecule has 19 heavy (non-hydrogen) atoms. The van der Waals surface area contributed by atoms with Crippen molar-refractivity contribution < 1.29 is 4.79 Å². The fourth-order valence-electron chi connectivity index (χ4n) is 3.46. The lowest BCUT2D eigenvalue weighted by molar-refractivity contribution is -0.134. The van der Waals surface area contributed by atoms with Crippen molar-refractivity contribution in [2.45, 2.75) is 44.9 Å². The minimum atomic E-state index is 0.123. The highest BCUT2D eigenvalue weighted by atomic mass is 16.2. The molecule has 1 saturated heterocycles. The van der Waals surface area contributed by atoms with Gasteiger partial charge in [0.05, 0.1) is 5.92 Å². The summed E-state index contributed by atoms with van der Waals surface area (Å²) in [5.74, 6) is 1.28. The Bertz CT molecular complexity index is 460. The van der Waals surface area contributed by atoms with Crippen LogP contribution >= 0.6 is 0 Å². The standard InChI is InChI=1S/C17H23NO/c1-13-9-11-18(12-10-13)17(19)16-8-4-6-14-5-2-3-7-15(14)16/h2-3,5,7,13,16H,4,6,8-12H2,1H3. The van der Waals surface area contributed by atoms with Crippen LogP contribution in [0.25, 0.3) is 0 Å². The van der Waals surface area contributed by atoms with E-state index in [4.69, 9.17) is 0 Å². The number of fused-ring (bicyclic) bond motifs is 1. The third kappa shape index (κ3) is 2.54. The van der Waals surface area contributed by atoms with Gasteiger partial charge in [-0.25, -0.2) is 0 Å². The average Bonchev–Trinajstić information content (AvgIpc) is 2.47. The number of aryl methyl sites for hydroxylation is 1. The van der Waals surface area contributed by atoms with Gasteiger partial charge >= 0.3 is 0 Å². The summed E-state index contributed by atoms with van der Waals surface area (Å²) in [5, 5.41) is 0. The molecule has 1 heterocycles. The molecule has 1 amide bonds. The van der Waals surface area contributed by atoms with Crippen LogP contribution in [0.5, 0.6) is 0 Å². The lowest BCUT2D eigenvalue weighted by atomic mass is 9.81. The number of amides is 1. The molecule has 0 bridgehead atoms. The van der Waals surface area contributed by atoms with Gasteiger partial charge in [-0.1, -0.05) is 31.2 Å². The van der Waals surface area contributed by atoms with Crippen LogP contribution in [-0.4, -0.2) is 23.9 Å². The number of piperidine rings is 1. The van der Waals surface area contributed by atoms with Crippen LogP contribution in [0.15, 0.2) is 24.3 Å². The molecule has 3 rings (SSSR count). The Labute approximate surface area is 115 Å². The fraction of sp³-hybridized carbons (Fsp3) is 0.588. The lowest BCUT2D eigenvalue weighted by Crippen LogP contribution is -2.41. The van der Waals surface area contributed by atoms with Gasteiger partial charge in [-0.05, 0) is 49.1 Å². The Kier molecular flexibility index (Phi) is 3.58. The number of likely N-dealkylation sites (tertiary alicyclic amines) is 1. The van der Waals surface area contributed by atoms with Crippen molar-refractivity contribution >= 4 is 5.91 Å². The van der Waals surface area contributed by atoms with Crippen molar-refractivity contribution in [1.82, 2.24) is 4.90 Å². The van der Waals surface area contributed by atoms with Crippen LogP contribution in [-0.2, 0) is 11.2 Å². The molecule has 0 aromatic heterocycles. The van der Waals surface area contributed by atoms with Crippen LogP contribution in [0.2, 0.25) is 0 Å². The van der Waals surface area contributed by atoms with Gasteiger partial charge < -0.3 is 4.90 Å². The van der Waals surface area contributed by atoms with Gasteiger partial charge in [-0.15, -0.1) is 0 Å². The summed E-state index contributed by atoms with van der Waals surface area (Å²) in [7, 11) is 0. The Morgan fingerprint density at radius 1 is 1.16 bits per heavy atom. The maximum atomic E-state index is 12.7. The maximum absolute atomic E-state index is 12.7. The lowest BCUT2D eigenvalue weighted by Gasteiger charge is -2.35. The van der Waals surface area contributed by atoms with E-state index < -0.39 is 0 Å². The highest BCUT2D eigenvalue weighted by molar-refractivity contribution is 5.84. The largest absolute Gasteiger partial charge is 0.342 e. The first-order chi connectivity index (χ1) is 9.25. The number of hydrogen-bond donors (Lipinski definition) is 0. The zero-order valence-electron chi connectivity index (χ0n) is 11.8. The van der Waals surface area contributed by atoms with Gasteiger partial charge in [-0.2, -0.15) is 0 Å². The van der Waals surface area contributed by atoms with E-state index in [0.717, 1.165) is 38.3 Å². The molecule has 0 radical (unpaired) electrons. The first-order valence-corrected chi connectivity index (χ1v) is 7.62. The van der Waals surface area contributed by atoms with E-state index >= 15 is 0 Å². The van der Waals surface area contributed by atoms with Crippen molar-refractivity contribution in [3.63, 3.8) is 0 Å². The van der Waals surface area contributed by atoms with Crippen LogP contribution in [0.1, 0.15) is 49.7 Å². The van der Waals surface area contributed by atoms with E-state index in [0.29, 0.717) is 5.91 Å². The molecule has 1 unspecified atom stereocenters. The second kappa shape index (κ2) is 5.36. The summed E-state index contributed by atoms with van der Waals surface area (Å²) in [6, 6.07) is 8.51. The summed E-state index contributed by atoms with van der Waals surface area (Å²) < 4.78 is 0. The second-order valence-corrected chi connectivity index (χ2v) is 6.15. The predicted molar refractivity (Wildman–Crippen MR) is 77.1 cm³/mol. The summed E-state index contributed by atoms with van der Waals surface area (Å²) in [6.07, 6.45) is 5.65. The number of carbonyl (C=O) groups is 1. The molecule has 1 fully saturated rings. The van der Waals surface area contributed by atoms with Gasteiger partial charge in [-0.3, -0.25) is 4.79 Å². The van der Waals surface area contributed by atoms with E-state index in [1.165, 1.54) is 24.0 Å². The Morgan fingerprint density at radius 2 is 1.89 bits per heavy atom. The predicted octanol–water partition coefficient (Wildman–Crippen LogP) is 3.37. The van der Waals surface area contributed by atoms with E-state index in [1.54, 1.807) is 0 Å². The molecule has 1 aliphatic heterocycles. The Morgan fingerprint density at radius 3 is 2.68 bits per heavy atom. The zero-order valence-corrected chi connectivity index (χ0v) is 11.8. The average molecular weight is 257 g/mol. The first kappa shape index (κ1) is 12.7. The minimum absolute atomic E-state index is 0.123. The molecule has 2 aliphatic rings. The van der Waals surface area contributed by atoms with Crippen molar-refractivity contribution in [2.75, 3.05) is 13.1 Å². The summed E-state index contributed by atoms with van der Waals surface area (Å²) in [4.78, 5) is 14.9. The Hall–Kier alpha value is -1.31. The Balaban J connectivity index is 1.78. The van der Waals surface area contributed by atoms with E-state index in [2.05, 4.69) is 36.1 Å². The van der Waals surface area contributed by atoms with Crippen LogP contribution < -0.4 is 0 Å². The summed E-state index contributed by atoms with van der Waals surface area (Å²) in [6.45, 7) is 4.20. The topological polar surface area (TPSA) is 20.3 Å². The van der Waals surface area contributed by atoms with Gasteiger partial charge in [0.1, 0.15) is 0 Å². The zero-order chi connectivity index (χ0) is 13.2. The van der Waals surface area contributed by atoms with Crippen molar-refractivity contribution in [3.8, 4) is 0 Å². The number of benzene rings is 1. The molecule has 1 aromatic rings. The molecule has 0 spiro atoms. The highest BCUT2D eigenvalue weighted by Gasteiger charge is 2.31.